The lowest BCUT2D eigenvalue weighted by Crippen LogP contribution is -2.50. The Balaban J connectivity index is 1.35. The Kier molecular flexibility index (Phi) is 6.77. The van der Waals surface area contributed by atoms with Gasteiger partial charge in [0.2, 0.25) is 0 Å². The molecule has 0 bridgehead atoms. The number of pyridine rings is 2. The summed E-state index contributed by atoms with van der Waals surface area (Å²) < 4.78 is 36.6. The summed E-state index contributed by atoms with van der Waals surface area (Å²) in [5.74, 6) is -2.00. The molecule has 3 aromatic heterocycles. The zero-order valence-corrected chi connectivity index (χ0v) is 23.8. The monoisotopic (exact) mass is 607 g/mol. The molecular weight excluding hydrogens is 580 g/mol. The average Bonchev–Trinajstić information content (AvgIpc) is 3.67. The van der Waals surface area contributed by atoms with E-state index in [0.717, 1.165) is 37.1 Å². The van der Waals surface area contributed by atoms with Gasteiger partial charge in [-0.15, -0.1) is 0 Å². The normalized spacial score (nSPS) is 19.2. The van der Waals surface area contributed by atoms with Gasteiger partial charge in [-0.2, -0.15) is 13.9 Å². The molecule has 0 unspecified atom stereocenters. The Morgan fingerprint density at radius 1 is 1.19 bits per heavy atom. The highest BCUT2D eigenvalue weighted by molar-refractivity contribution is 6.30. The summed E-state index contributed by atoms with van der Waals surface area (Å²) in [5, 5.41) is 8.93. The highest BCUT2D eigenvalue weighted by atomic mass is 35.5. The number of aryl methyl sites for hydroxylation is 1. The van der Waals surface area contributed by atoms with Gasteiger partial charge in [0.1, 0.15) is 0 Å². The van der Waals surface area contributed by atoms with Crippen molar-refractivity contribution in [1.29, 1.82) is 0 Å². The highest BCUT2D eigenvalue weighted by Gasteiger charge is 2.50. The number of ether oxygens (including phenoxy) is 1. The minimum atomic E-state index is -4.12. The van der Waals surface area contributed by atoms with Gasteiger partial charge in [-0.1, -0.05) is 17.7 Å². The quantitative estimate of drug-likeness (QED) is 0.287. The van der Waals surface area contributed by atoms with Crippen molar-refractivity contribution in [1.82, 2.24) is 25.1 Å². The van der Waals surface area contributed by atoms with E-state index in [1.165, 1.54) is 18.3 Å². The maximum Gasteiger partial charge on any atom is 0.482 e. The second-order valence-electron chi connectivity index (χ2n) is 11.3. The molecule has 1 saturated carbocycles. The van der Waals surface area contributed by atoms with Crippen molar-refractivity contribution in [2.75, 3.05) is 11.4 Å². The fourth-order valence-electron chi connectivity index (χ4n) is 5.72. The summed E-state index contributed by atoms with van der Waals surface area (Å²) in [5.41, 5.74) is 8.75. The zero-order chi connectivity index (χ0) is 29.9. The van der Waals surface area contributed by atoms with Gasteiger partial charge in [0.25, 0.3) is 5.91 Å². The van der Waals surface area contributed by atoms with E-state index in [9.17, 15) is 18.4 Å². The molecule has 0 radical (unpaired) electrons. The van der Waals surface area contributed by atoms with Crippen LogP contribution in [0.3, 0.4) is 0 Å². The van der Waals surface area contributed by atoms with Crippen LogP contribution < -0.4 is 20.7 Å². The van der Waals surface area contributed by atoms with Crippen molar-refractivity contribution in [2.45, 2.75) is 57.3 Å². The van der Waals surface area contributed by atoms with Crippen molar-refractivity contribution in [2.24, 2.45) is 11.7 Å². The van der Waals surface area contributed by atoms with Crippen molar-refractivity contribution in [3.05, 3.63) is 64.7 Å². The molecule has 3 N–H and O–H groups in total. The van der Waals surface area contributed by atoms with E-state index >= 15 is 0 Å². The van der Waals surface area contributed by atoms with Gasteiger partial charge in [-0.05, 0) is 74.4 Å². The molecule has 7 rings (SSSR count). The lowest BCUT2D eigenvalue weighted by atomic mass is 9.93. The van der Waals surface area contributed by atoms with Crippen molar-refractivity contribution < 1.29 is 23.1 Å². The van der Waals surface area contributed by atoms with Crippen LogP contribution in [0.4, 0.5) is 14.5 Å². The van der Waals surface area contributed by atoms with E-state index in [2.05, 4.69) is 15.4 Å². The maximum atomic E-state index is 14.9. The van der Waals surface area contributed by atoms with Gasteiger partial charge in [-0.25, -0.2) is 9.67 Å². The van der Waals surface area contributed by atoms with Crippen LogP contribution in [0, 0.1) is 5.92 Å². The molecule has 43 heavy (non-hydrogen) atoms. The number of hydrogen-bond donors (Lipinski definition) is 2. The Hall–Kier alpha value is -4.16. The zero-order valence-electron chi connectivity index (χ0n) is 23.0. The number of amides is 2. The van der Waals surface area contributed by atoms with Crippen LogP contribution in [-0.4, -0.2) is 50.3 Å². The molecule has 2 aliphatic heterocycles. The first-order valence-electron chi connectivity index (χ1n) is 14.2. The van der Waals surface area contributed by atoms with Crippen LogP contribution in [0.15, 0.2) is 42.7 Å². The summed E-state index contributed by atoms with van der Waals surface area (Å²) in [6.45, 7) is 1.41. The third kappa shape index (κ3) is 5.18. The number of rotatable bonds is 9. The Bertz CT molecular complexity index is 1750. The molecule has 0 spiro atoms. The van der Waals surface area contributed by atoms with Gasteiger partial charge in [0, 0.05) is 29.7 Å². The van der Waals surface area contributed by atoms with Gasteiger partial charge in [-0.3, -0.25) is 19.5 Å². The number of aromatic nitrogens is 4. The molecule has 10 nitrogen and oxygen atoms in total. The first-order valence-corrected chi connectivity index (χ1v) is 14.6. The predicted octanol–water partition coefficient (Wildman–Crippen LogP) is 4.47. The van der Waals surface area contributed by atoms with Crippen LogP contribution in [0.5, 0.6) is 5.75 Å². The number of nitrogens with one attached hydrogen (secondary N) is 1. The first kappa shape index (κ1) is 27.7. The summed E-state index contributed by atoms with van der Waals surface area (Å²) >= 11 is 5.92. The number of nitrogens with two attached hydrogens (primary N) is 1. The number of anilines is 1. The Labute approximate surface area is 250 Å². The number of fused-ring (bicyclic) bond motifs is 2. The number of benzene rings is 1. The molecule has 4 aromatic rings. The molecule has 2 amide bonds. The number of hydrogen-bond acceptors (Lipinski definition) is 7. The van der Waals surface area contributed by atoms with Gasteiger partial charge in [0.05, 0.1) is 40.4 Å². The van der Waals surface area contributed by atoms with Crippen molar-refractivity contribution >= 4 is 40.1 Å². The Morgan fingerprint density at radius 3 is 2.67 bits per heavy atom. The fourth-order valence-corrected chi connectivity index (χ4v) is 5.83. The van der Waals surface area contributed by atoms with E-state index in [4.69, 9.17) is 27.1 Å². The summed E-state index contributed by atoms with van der Waals surface area (Å²) in [7, 11) is 0. The van der Waals surface area contributed by atoms with Crippen LogP contribution in [0.2, 0.25) is 5.02 Å². The second-order valence-corrected chi connectivity index (χ2v) is 11.8. The maximum absolute atomic E-state index is 14.9. The molecular formula is C30H28ClF2N7O3. The molecule has 222 valence electrons. The van der Waals surface area contributed by atoms with Gasteiger partial charge < -0.3 is 15.8 Å². The minimum Gasteiger partial charge on any atom is -0.423 e. The number of alkyl halides is 2. The standard InChI is InChI=1S/C30H28ClF2N7O3/c31-18-4-5-20(36-13-18)15-39-23-6-3-17(12-24(23)43-30(32,33)29(39)42)25-21-14-37-40(10-8-19-7-9-35-19)28(21)38-22(11-16-1-2-16)26(25)27(34)41/h3-6,12-14,16,19,35H,1-2,7-11,15H2,(H2,34,41)/t19-/m1/s1. The van der Waals surface area contributed by atoms with Crippen molar-refractivity contribution in [3.8, 4) is 16.9 Å². The number of nitrogens with zero attached hydrogens (tertiary/aromatic N) is 5. The molecule has 5 heterocycles. The minimum absolute atomic E-state index is 0.143. The number of halogens is 3. The topological polar surface area (TPSA) is 128 Å². The van der Waals surface area contributed by atoms with Crippen LogP contribution >= 0.6 is 11.6 Å². The largest absolute Gasteiger partial charge is 0.482 e. The SMILES string of the molecule is NC(=O)c1c(CC2CC2)nc2c(cnn2CC[C@H]2CCN2)c1-c1ccc2c(c1)OC(F)(F)C(=O)N2Cc1ccc(Cl)cn1. The molecule has 1 aromatic carbocycles. The van der Waals surface area contributed by atoms with E-state index in [0.29, 0.717) is 63.5 Å². The third-order valence-electron chi connectivity index (χ3n) is 8.28. The van der Waals surface area contributed by atoms with Crippen LogP contribution in [-0.2, 0) is 24.3 Å². The fraction of sp³-hybridized carbons (Fsp3) is 0.367. The molecule has 1 aliphatic carbocycles. The van der Waals surface area contributed by atoms with E-state index in [-0.39, 0.29) is 23.5 Å². The smallest absolute Gasteiger partial charge is 0.423 e. The Morgan fingerprint density at radius 2 is 2.00 bits per heavy atom. The number of primary amides is 1. The molecule has 1 atom stereocenters. The van der Waals surface area contributed by atoms with E-state index in [1.807, 2.05) is 4.68 Å². The van der Waals surface area contributed by atoms with E-state index < -0.39 is 17.9 Å². The van der Waals surface area contributed by atoms with Gasteiger partial charge in [0.15, 0.2) is 11.4 Å². The second kappa shape index (κ2) is 10.5. The number of carbonyl (C=O) groups is 2. The highest BCUT2D eigenvalue weighted by Crippen LogP contribution is 2.44. The van der Waals surface area contributed by atoms with Crippen LogP contribution in [0.1, 0.15) is 47.4 Å². The first-order chi connectivity index (χ1) is 20.7. The molecule has 2 fully saturated rings. The lowest BCUT2D eigenvalue weighted by Gasteiger charge is -2.33. The molecule has 3 aliphatic rings. The van der Waals surface area contributed by atoms with Crippen LogP contribution in [0.25, 0.3) is 22.2 Å². The molecule has 1 saturated heterocycles. The molecule has 13 heteroatoms. The third-order valence-corrected chi connectivity index (χ3v) is 8.50. The van der Waals surface area contributed by atoms with E-state index in [1.54, 1.807) is 24.4 Å². The average molecular weight is 608 g/mol. The number of carbonyl (C=O) groups excluding carboxylic acids is 2. The summed E-state index contributed by atoms with van der Waals surface area (Å²) in [4.78, 5) is 35.7. The lowest BCUT2D eigenvalue weighted by molar-refractivity contribution is -0.193. The summed E-state index contributed by atoms with van der Waals surface area (Å²) in [6, 6.07) is 8.15. The van der Waals surface area contributed by atoms with Crippen molar-refractivity contribution in [3.63, 3.8) is 0 Å². The van der Waals surface area contributed by atoms with Gasteiger partial charge >= 0.3 is 12.0 Å². The summed E-state index contributed by atoms with van der Waals surface area (Å²) in [6.07, 6.45) is 3.52. The predicted molar refractivity (Wildman–Crippen MR) is 155 cm³/mol.